The summed E-state index contributed by atoms with van der Waals surface area (Å²) < 4.78 is 33.7. The molecule has 0 aliphatic carbocycles. The summed E-state index contributed by atoms with van der Waals surface area (Å²) in [6, 6.07) is 0. The maximum Gasteiger partial charge on any atom is 0.282 e. The summed E-state index contributed by atoms with van der Waals surface area (Å²) in [5.74, 6) is 1.29. The molecule has 0 bridgehead atoms. The molecule has 3 saturated heterocycles. The molecule has 0 spiro atoms. The van der Waals surface area contributed by atoms with Gasteiger partial charge >= 0.3 is 0 Å². The zero-order chi connectivity index (χ0) is 18.0. The number of nitrogens with zero attached hydrogens (tertiary/aromatic N) is 3. The first-order valence-corrected chi connectivity index (χ1v) is 10.9. The molecule has 0 saturated carbocycles. The Kier molecular flexibility index (Phi) is 6.03. The van der Waals surface area contributed by atoms with Crippen molar-refractivity contribution < 1.29 is 17.9 Å². The minimum absolute atomic E-state index is 0.0337. The Bertz CT molecular complexity index is 558. The number of likely N-dealkylation sites (tertiary alicyclic amines) is 1. The summed E-state index contributed by atoms with van der Waals surface area (Å²) in [5.41, 5.74) is 0. The number of rotatable bonds is 3. The molecule has 25 heavy (non-hydrogen) atoms. The van der Waals surface area contributed by atoms with E-state index in [1.54, 1.807) is 4.31 Å². The molecule has 3 heterocycles. The van der Waals surface area contributed by atoms with Gasteiger partial charge in [0.1, 0.15) is 0 Å². The third-order valence-electron chi connectivity index (χ3n) is 5.61. The smallest absolute Gasteiger partial charge is 0.282 e. The summed E-state index contributed by atoms with van der Waals surface area (Å²) in [5, 5.41) is 0. The molecule has 144 valence electrons. The Morgan fingerprint density at radius 3 is 2.00 bits per heavy atom. The van der Waals surface area contributed by atoms with Crippen molar-refractivity contribution >= 4 is 16.1 Å². The van der Waals surface area contributed by atoms with Gasteiger partial charge in [-0.3, -0.25) is 4.79 Å². The van der Waals surface area contributed by atoms with Crippen LogP contribution in [0.25, 0.3) is 0 Å². The molecule has 0 aromatic carbocycles. The summed E-state index contributed by atoms with van der Waals surface area (Å²) >= 11 is 0. The lowest BCUT2D eigenvalue weighted by Gasteiger charge is -2.40. The van der Waals surface area contributed by atoms with E-state index in [0.29, 0.717) is 64.1 Å². The molecule has 8 heteroatoms. The molecule has 0 aromatic heterocycles. The fourth-order valence-corrected chi connectivity index (χ4v) is 5.98. The first-order valence-electron chi connectivity index (χ1n) is 9.49. The highest BCUT2D eigenvalue weighted by atomic mass is 32.2. The Hall–Kier alpha value is -0.700. The average Bonchev–Trinajstić information content (AvgIpc) is 2.61. The molecule has 3 aliphatic heterocycles. The maximum absolute atomic E-state index is 12.8. The zero-order valence-corrected chi connectivity index (χ0v) is 16.2. The Morgan fingerprint density at radius 2 is 1.44 bits per heavy atom. The average molecular weight is 374 g/mol. The molecule has 2 atom stereocenters. The van der Waals surface area contributed by atoms with E-state index in [-0.39, 0.29) is 11.8 Å². The number of hydrogen-bond acceptors (Lipinski definition) is 4. The van der Waals surface area contributed by atoms with E-state index in [1.165, 1.54) is 10.7 Å². The van der Waals surface area contributed by atoms with Crippen LogP contribution in [0.3, 0.4) is 0 Å². The molecular formula is C17H31N3O4S. The largest absolute Gasteiger partial charge is 0.379 e. The minimum Gasteiger partial charge on any atom is -0.379 e. The number of ether oxygens (including phenoxy) is 1. The van der Waals surface area contributed by atoms with E-state index >= 15 is 0 Å². The molecule has 3 fully saturated rings. The molecule has 3 rings (SSSR count). The number of carbonyl (C=O) groups excluding carboxylic acids is 1. The van der Waals surface area contributed by atoms with Crippen LogP contribution < -0.4 is 0 Å². The van der Waals surface area contributed by atoms with Gasteiger partial charge in [0.25, 0.3) is 10.2 Å². The zero-order valence-electron chi connectivity index (χ0n) is 15.4. The van der Waals surface area contributed by atoms with E-state index in [0.717, 1.165) is 13.1 Å². The van der Waals surface area contributed by atoms with E-state index in [9.17, 15) is 13.2 Å². The lowest BCUT2D eigenvalue weighted by Crippen LogP contribution is -2.52. The highest BCUT2D eigenvalue weighted by Crippen LogP contribution is 2.27. The minimum atomic E-state index is -3.41. The first-order chi connectivity index (χ1) is 11.9. The van der Waals surface area contributed by atoms with Crippen LogP contribution in [-0.4, -0.2) is 80.3 Å². The second-order valence-corrected chi connectivity index (χ2v) is 9.81. The van der Waals surface area contributed by atoms with Crippen molar-refractivity contribution in [3.8, 4) is 0 Å². The van der Waals surface area contributed by atoms with E-state index in [4.69, 9.17) is 4.74 Å². The number of morpholine rings is 1. The van der Waals surface area contributed by atoms with Crippen molar-refractivity contribution in [2.24, 2.45) is 17.8 Å². The second kappa shape index (κ2) is 7.90. The van der Waals surface area contributed by atoms with Crippen LogP contribution in [0.1, 0.15) is 33.1 Å². The van der Waals surface area contributed by atoms with Crippen molar-refractivity contribution in [2.75, 3.05) is 52.5 Å². The van der Waals surface area contributed by atoms with Gasteiger partial charge in [0.05, 0.1) is 13.2 Å². The van der Waals surface area contributed by atoms with Crippen LogP contribution in [0.4, 0.5) is 0 Å². The van der Waals surface area contributed by atoms with E-state index in [1.807, 2.05) is 4.90 Å². The molecular weight excluding hydrogens is 342 g/mol. The van der Waals surface area contributed by atoms with Gasteiger partial charge in [-0.05, 0) is 31.1 Å². The lowest BCUT2D eigenvalue weighted by atomic mass is 9.89. The molecule has 7 nitrogen and oxygen atoms in total. The molecule has 0 N–H and O–H groups in total. The van der Waals surface area contributed by atoms with E-state index in [2.05, 4.69) is 13.8 Å². The van der Waals surface area contributed by atoms with E-state index < -0.39 is 10.2 Å². The van der Waals surface area contributed by atoms with Crippen molar-refractivity contribution in [3.05, 3.63) is 0 Å². The molecule has 0 aromatic rings. The predicted molar refractivity (Wildman–Crippen MR) is 95.1 cm³/mol. The molecule has 1 amide bonds. The third kappa shape index (κ3) is 4.35. The third-order valence-corrected chi connectivity index (χ3v) is 7.64. The quantitative estimate of drug-likeness (QED) is 0.733. The highest BCUT2D eigenvalue weighted by Gasteiger charge is 2.37. The van der Waals surface area contributed by atoms with Crippen LogP contribution >= 0.6 is 0 Å². The molecule has 3 aliphatic rings. The standard InChI is InChI=1S/C17H31N3O4S/c1-14-11-15(2)13-18(12-14)17(21)16-3-5-19(6-4-16)25(22,23)20-7-9-24-10-8-20/h14-16H,3-13H2,1-2H3. The number of piperidine rings is 2. The summed E-state index contributed by atoms with van der Waals surface area (Å²) in [7, 11) is -3.41. The van der Waals surface area contributed by atoms with Gasteiger partial charge < -0.3 is 9.64 Å². The highest BCUT2D eigenvalue weighted by molar-refractivity contribution is 7.86. The van der Waals surface area contributed by atoms with Gasteiger partial charge in [0.15, 0.2) is 0 Å². The summed E-state index contributed by atoms with van der Waals surface area (Å²) in [6.07, 6.45) is 2.43. The topological polar surface area (TPSA) is 70.2 Å². The van der Waals surface area contributed by atoms with Crippen LogP contribution in [0.5, 0.6) is 0 Å². The fourth-order valence-electron chi connectivity index (χ4n) is 4.38. The first kappa shape index (κ1) is 19.1. The molecule has 2 unspecified atom stereocenters. The second-order valence-electron chi connectivity index (χ2n) is 7.88. The Morgan fingerprint density at radius 1 is 0.920 bits per heavy atom. The van der Waals surface area contributed by atoms with Gasteiger partial charge in [-0.15, -0.1) is 0 Å². The van der Waals surface area contributed by atoms with Crippen molar-refractivity contribution in [3.63, 3.8) is 0 Å². The van der Waals surface area contributed by atoms with Crippen molar-refractivity contribution in [1.82, 2.24) is 13.5 Å². The van der Waals surface area contributed by atoms with Crippen LogP contribution in [0.2, 0.25) is 0 Å². The molecule has 0 radical (unpaired) electrons. The number of carbonyl (C=O) groups is 1. The van der Waals surface area contributed by atoms with Gasteiger partial charge in [-0.2, -0.15) is 17.0 Å². The Labute approximate surface area is 151 Å². The predicted octanol–water partition coefficient (Wildman–Crippen LogP) is 0.780. The lowest BCUT2D eigenvalue weighted by molar-refractivity contribution is -0.139. The fraction of sp³-hybridized carbons (Fsp3) is 0.941. The van der Waals surface area contributed by atoms with Crippen LogP contribution in [-0.2, 0) is 19.7 Å². The number of hydrogen-bond donors (Lipinski definition) is 0. The Balaban J connectivity index is 1.55. The van der Waals surface area contributed by atoms with Gasteiger partial charge in [-0.25, -0.2) is 0 Å². The summed E-state index contributed by atoms with van der Waals surface area (Å²) in [4.78, 5) is 14.8. The normalized spacial score (nSPS) is 31.2. The van der Waals surface area contributed by atoms with Crippen molar-refractivity contribution in [1.29, 1.82) is 0 Å². The summed E-state index contributed by atoms with van der Waals surface area (Å²) in [6.45, 7) is 8.73. The number of amides is 1. The van der Waals surface area contributed by atoms with Crippen molar-refractivity contribution in [2.45, 2.75) is 33.1 Å². The maximum atomic E-state index is 12.8. The van der Waals surface area contributed by atoms with Gasteiger partial charge in [0, 0.05) is 45.2 Å². The van der Waals surface area contributed by atoms with Gasteiger partial charge in [0.2, 0.25) is 5.91 Å². The monoisotopic (exact) mass is 373 g/mol. The SMILES string of the molecule is CC1CC(C)CN(C(=O)C2CCN(S(=O)(=O)N3CCOCC3)CC2)C1. The van der Waals surface area contributed by atoms with Gasteiger partial charge in [-0.1, -0.05) is 13.8 Å². The van der Waals surface area contributed by atoms with Crippen LogP contribution in [0.15, 0.2) is 0 Å². The van der Waals surface area contributed by atoms with Crippen LogP contribution in [0, 0.1) is 17.8 Å².